The van der Waals surface area contributed by atoms with E-state index in [4.69, 9.17) is 0 Å². The highest BCUT2D eigenvalue weighted by molar-refractivity contribution is 9.10. The first-order valence-electron chi connectivity index (χ1n) is 5.68. The van der Waals surface area contributed by atoms with E-state index in [1.807, 2.05) is 31.2 Å². The second kappa shape index (κ2) is 5.91. The van der Waals surface area contributed by atoms with Gasteiger partial charge in [0.05, 0.1) is 5.69 Å². The van der Waals surface area contributed by atoms with Crippen molar-refractivity contribution in [3.63, 3.8) is 0 Å². The Morgan fingerprint density at radius 2 is 1.94 bits per heavy atom. The van der Waals surface area contributed by atoms with Gasteiger partial charge in [0.1, 0.15) is 6.33 Å². The first-order valence-corrected chi connectivity index (χ1v) is 6.47. The minimum absolute atomic E-state index is 0.254. The van der Waals surface area contributed by atoms with E-state index in [2.05, 4.69) is 31.2 Å². The predicted molar refractivity (Wildman–Crippen MR) is 72.8 cm³/mol. The molecule has 0 saturated carbocycles. The first-order chi connectivity index (χ1) is 8.70. The summed E-state index contributed by atoms with van der Waals surface area (Å²) in [5.41, 5.74) is 1.50. The van der Waals surface area contributed by atoms with Crippen LogP contribution in [0.2, 0.25) is 0 Å². The van der Waals surface area contributed by atoms with E-state index in [1.165, 1.54) is 6.33 Å². The molecule has 1 N–H and O–H groups in total. The molecule has 5 heteroatoms. The lowest BCUT2D eigenvalue weighted by atomic mass is 10.2. The van der Waals surface area contributed by atoms with E-state index >= 15 is 0 Å². The molecule has 18 heavy (non-hydrogen) atoms. The molecule has 0 aliphatic rings. The Kier molecular flexibility index (Phi) is 4.25. The van der Waals surface area contributed by atoms with Crippen LogP contribution >= 0.6 is 15.9 Å². The summed E-state index contributed by atoms with van der Waals surface area (Å²) in [6, 6.07) is 7.84. The minimum Gasteiger partial charge on any atom is -0.363 e. The molecule has 0 bridgehead atoms. The number of nitrogens with one attached hydrogen (secondary N) is 1. The third-order valence-corrected chi connectivity index (χ3v) is 3.10. The standard InChI is InChI=1S/C13H13BrFN3/c1-2-11-12(15)13(18-8-17-11)16-7-9-3-5-10(14)6-4-9/h3-6,8H,2,7H2,1H3,(H,16,17,18). The maximum absolute atomic E-state index is 13.8. The van der Waals surface area contributed by atoms with Gasteiger partial charge in [0.25, 0.3) is 0 Å². The Labute approximate surface area is 114 Å². The van der Waals surface area contributed by atoms with Gasteiger partial charge in [0.15, 0.2) is 11.6 Å². The molecule has 1 aromatic heterocycles. The summed E-state index contributed by atoms with van der Waals surface area (Å²) in [4.78, 5) is 7.80. The van der Waals surface area contributed by atoms with Crippen LogP contribution in [0.25, 0.3) is 0 Å². The van der Waals surface area contributed by atoms with Crippen molar-refractivity contribution in [3.05, 3.63) is 52.1 Å². The average Bonchev–Trinajstić information content (AvgIpc) is 2.39. The summed E-state index contributed by atoms with van der Waals surface area (Å²) >= 11 is 3.37. The van der Waals surface area contributed by atoms with Crippen molar-refractivity contribution in [3.8, 4) is 0 Å². The Balaban J connectivity index is 2.08. The lowest BCUT2D eigenvalue weighted by Crippen LogP contribution is -2.06. The van der Waals surface area contributed by atoms with E-state index in [1.54, 1.807) is 0 Å². The fourth-order valence-corrected chi connectivity index (χ4v) is 1.83. The Morgan fingerprint density at radius 3 is 2.61 bits per heavy atom. The molecular weight excluding hydrogens is 297 g/mol. The number of aromatic nitrogens is 2. The minimum atomic E-state index is -0.364. The summed E-state index contributed by atoms with van der Waals surface area (Å²) in [5, 5.41) is 2.98. The zero-order valence-electron chi connectivity index (χ0n) is 9.95. The molecule has 1 heterocycles. The Bertz CT molecular complexity index is 528. The highest BCUT2D eigenvalue weighted by Crippen LogP contribution is 2.15. The summed E-state index contributed by atoms with van der Waals surface area (Å²) in [7, 11) is 0. The van der Waals surface area contributed by atoms with Crippen molar-refractivity contribution in [1.29, 1.82) is 0 Å². The number of hydrogen-bond acceptors (Lipinski definition) is 3. The fraction of sp³-hybridized carbons (Fsp3) is 0.231. The number of rotatable bonds is 4. The highest BCUT2D eigenvalue weighted by Gasteiger charge is 2.08. The molecule has 0 amide bonds. The number of benzene rings is 1. The van der Waals surface area contributed by atoms with Crippen LogP contribution in [0.5, 0.6) is 0 Å². The van der Waals surface area contributed by atoms with Crippen LogP contribution < -0.4 is 5.32 Å². The molecule has 0 fully saturated rings. The van der Waals surface area contributed by atoms with Gasteiger partial charge in [0, 0.05) is 11.0 Å². The van der Waals surface area contributed by atoms with E-state index in [0.717, 1.165) is 10.0 Å². The van der Waals surface area contributed by atoms with Gasteiger partial charge in [0.2, 0.25) is 0 Å². The van der Waals surface area contributed by atoms with Crippen molar-refractivity contribution in [2.45, 2.75) is 19.9 Å². The molecule has 2 rings (SSSR count). The molecule has 3 nitrogen and oxygen atoms in total. The molecule has 1 aromatic carbocycles. The molecule has 0 saturated heterocycles. The molecule has 0 radical (unpaired) electrons. The maximum atomic E-state index is 13.8. The van der Waals surface area contributed by atoms with Crippen molar-refractivity contribution in [1.82, 2.24) is 9.97 Å². The quantitative estimate of drug-likeness (QED) is 0.938. The number of halogens is 2. The van der Waals surface area contributed by atoms with Crippen LogP contribution in [0, 0.1) is 5.82 Å². The zero-order chi connectivity index (χ0) is 13.0. The summed E-state index contributed by atoms with van der Waals surface area (Å²) in [6.07, 6.45) is 1.94. The molecule has 0 atom stereocenters. The second-order valence-electron chi connectivity index (χ2n) is 3.82. The topological polar surface area (TPSA) is 37.8 Å². The molecule has 0 aliphatic heterocycles. The molecule has 2 aromatic rings. The summed E-state index contributed by atoms with van der Waals surface area (Å²) < 4.78 is 14.9. The van der Waals surface area contributed by atoms with Crippen molar-refractivity contribution < 1.29 is 4.39 Å². The third-order valence-electron chi connectivity index (χ3n) is 2.57. The van der Waals surface area contributed by atoms with Crippen LogP contribution in [0.15, 0.2) is 35.1 Å². The van der Waals surface area contributed by atoms with Gasteiger partial charge < -0.3 is 5.32 Å². The van der Waals surface area contributed by atoms with Crippen molar-refractivity contribution >= 4 is 21.7 Å². The van der Waals surface area contributed by atoms with Gasteiger partial charge >= 0.3 is 0 Å². The lowest BCUT2D eigenvalue weighted by Gasteiger charge is -2.08. The van der Waals surface area contributed by atoms with Crippen LogP contribution in [0.1, 0.15) is 18.2 Å². The van der Waals surface area contributed by atoms with Gasteiger partial charge in [-0.1, -0.05) is 35.0 Å². The predicted octanol–water partition coefficient (Wildman–Crippen LogP) is 3.55. The van der Waals surface area contributed by atoms with Gasteiger partial charge in [-0.05, 0) is 24.1 Å². The smallest absolute Gasteiger partial charge is 0.186 e. The first kappa shape index (κ1) is 13.0. The van der Waals surface area contributed by atoms with Gasteiger partial charge in [-0.15, -0.1) is 0 Å². The largest absolute Gasteiger partial charge is 0.363 e. The van der Waals surface area contributed by atoms with Crippen LogP contribution in [0.3, 0.4) is 0 Å². The van der Waals surface area contributed by atoms with E-state index in [0.29, 0.717) is 18.7 Å². The monoisotopic (exact) mass is 309 g/mol. The molecular formula is C13H13BrFN3. The molecule has 94 valence electrons. The number of anilines is 1. The number of hydrogen-bond donors (Lipinski definition) is 1. The summed E-state index contributed by atoms with van der Waals surface area (Å²) in [6.45, 7) is 2.40. The van der Waals surface area contributed by atoms with Crippen LogP contribution in [-0.2, 0) is 13.0 Å². The second-order valence-corrected chi connectivity index (χ2v) is 4.73. The Morgan fingerprint density at radius 1 is 1.22 bits per heavy atom. The Hall–Kier alpha value is -1.49. The van der Waals surface area contributed by atoms with E-state index in [-0.39, 0.29) is 11.6 Å². The van der Waals surface area contributed by atoms with Crippen LogP contribution in [0.4, 0.5) is 10.2 Å². The normalized spacial score (nSPS) is 10.4. The van der Waals surface area contributed by atoms with Crippen molar-refractivity contribution in [2.24, 2.45) is 0 Å². The van der Waals surface area contributed by atoms with Gasteiger partial charge in [-0.25, -0.2) is 14.4 Å². The number of aryl methyl sites for hydroxylation is 1. The molecule has 0 unspecified atom stereocenters. The van der Waals surface area contributed by atoms with E-state index in [9.17, 15) is 4.39 Å². The SMILES string of the molecule is CCc1ncnc(NCc2ccc(Br)cc2)c1F. The van der Waals surface area contributed by atoms with Crippen molar-refractivity contribution in [2.75, 3.05) is 5.32 Å². The zero-order valence-corrected chi connectivity index (χ0v) is 11.5. The lowest BCUT2D eigenvalue weighted by molar-refractivity contribution is 0.596. The number of nitrogens with zero attached hydrogens (tertiary/aromatic N) is 2. The maximum Gasteiger partial charge on any atom is 0.186 e. The fourth-order valence-electron chi connectivity index (χ4n) is 1.56. The third kappa shape index (κ3) is 3.04. The molecule has 0 aliphatic carbocycles. The summed E-state index contributed by atoms with van der Waals surface area (Å²) in [5.74, 6) is -0.109. The van der Waals surface area contributed by atoms with Crippen LogP contribution in [-0.4, -0.2) is 9.97 Å². The van der Waals surface area contributed by atoms with E-state index < -0.39 is 0 Å². The average molecular weight is 310 g/mol. The molecule has 0 spiro atoms. The van der Waals surface area contributed by atoms with Gasteiger partial charge in [-0.2, -0.15) is 0 Å². The van der Waals surface area contributed by atoms with Gasteiger partial charge in [-0.3, -0.25) is 0 Å². The highest BCUT2D eigenvalue weighted by atomic mass is 79.9.